The molecule has 6 heteroatoms. The third-order valence-electron chi connectivity index (χ3n) is 3.24. The summed E-state index contributed by atoms with van der Waals surface area (Å²) in [6, 6.07) is 3.72. The van der Waals surface area contributed by atoms with Crippen LogP contribution >= 0.6 is 11.3 Å². The van der Waals surface area contributed by atoms with Crippen LogP contribution in [0.5, 0.6) is 0 Å². The average molecular weight is 312 g/mol. The molecule has 1 N–H and O–H groups in total. The molecule has 1 atom stereocenters. The van der Waals surface area contributed by atoms with Crippen molar-refractivity contribution in [1.29, 1.82) is 0 Å². The van der Waals surface area contributed by atoms with E-state index in [-0.39, 0.29) is 5.56 Å². The summed E-state index contributed by atoms with van der Waals surface area (Å²) in [4.78, 5) is 5.53. The van der Waals surface area contributed by atoms with Crippen molar-refractivity contribution in [1.82, 2.24) is 10.3 Å². The third kappa shape index (κ3) is 3.64. The highest BCUT2D eigenvalue weighted by Crippen LogP contribution is 2.30. The Bertz CT molecular complexity index is 596. The lowest BCUT2D eigenvalue weighted by atomic mass is 10.1. The van der Waals surface area contributed by atoms with Gasteiger partial charge in [-0.15, -0.1) is 11.3 Å². The number of methoxy groups -OCH3 is 1. The van der Waals surface area contributed by atoms with Gasteiger partial charge in [-0.3, -0.25) is 0 Å². The Morgan fingerprint density at radius 2 is 2.10 bits per heavy atom. The largest absolute Gasteiger partial charge is 0.383 e. The number of hydrogen-bond acceptors (Lipinski definition) is 4. The molecule has 0 bridgehead atoms. The lowest BCUT2D eigenvalue weighted by Crippen LogP contribution is -2.27. The van der Waals surface area contributed by atoms with Crippen molar-refractivity contribution in [3.8, 4) is 0 Å². The molecule has 0 aliphatic rings. The van der Waals surface area contributed by atoms with Crippen LogP contribution in [0, 0.1) is 25.5 Å². The molecular formula is C15H18F2N2OS. The molecule has 1 aromatic heterocycles. The lowest BCUT2D eigenvalue weighted by molar-refractivity contribution is 0.197. The monoisotopic (exact) mass is 312 g/mol. The molecule has 0 spiro atoms. The van der Waals surface area contributed by atoms with Gasteiger partial charge in [0.1, 0.15) is 5.01 Å². The van der Waals surface area contributed by atoms with Gasteiger partial charge >= 0.3 is 0 Å². The van der Waals surface area contributed by atoms with Crippen molar-refractivity contribution < 1.29 is 13.5 Å². The molecule has 0 fully saturated rings. The number of aryl methyl sites for hydroxylation is 2. The number of hydrogen-bond donors (Lipinski definition) is 1. The number of thiazole rings is 1. The van der Waals surface area contributed by atoms with Gasteiger partial charge in [-0.25, -0.2) is 13.8 Å². The zero-order valence-electron chi connectivity index (χ0n) is 12.2. The van der Waals surface area contributed by atoms with Gasteiger partial charge in [0.25, 0.3) is 0 Å². The highest BCUT2D eigenvalue weighted by molar-refractivity contribution is 7.11. The summed E-state index contributed by atoms with van der Waals surface area (Å²) in [6.07, 6.45) is 0. The zero-order chi connectivity index (χ0) is 15.4. The minimum Gasteiger partial charge on any atom is -0.383 e. The Hall–Kier alpha value is -1.37. The van der Waals surface area contributed by atoms with Crippen LogP contribution in [-0.4, -0.2) is 25.2 Å². The molecule has 114 valence electrons. The lowest BCUT2D eigenvalue weighted by Gasteiger charge is -2.17. The van der Waals surface area contributed by atoms with Crippen molar-refractivity contribution in [2.45, 2.75) is 19.9 Å². The minimum absolute atomic E-state index is 0.264. The standard InChI is InChI=1S/C15H18F2N2OS/c1-9-10(2)21-15(19-9)14(18-7-8-20-3)11-5-4-6-12(16)13(11)17/h4-6,14,18H,7-8H2,1-3H3. The van der Waals surface area contributed by atoms with Crippen molar-refractivity contribution in [2.24, 2.45) is 0 Å². The van der Waals surface area contributed by atoms with Gasteiger partial charge in [-0.05, 0) is 19.9 Å². The van der Waals surface area contributed by atoms with E-state index < -0.39 is 17.7 Å². The molecule has 0 aliphatic heterocycles. The summed E-state index contributed by atoms with van der Waals surface area (Å²) in [5, 5.41) is 3.91. The maximum atomic E-state index is 14.1. The Morgan fingerprint density at radius 1 is 1.33 bits per heavy atom. The van der Waals surface area contributed by atoms with Crippen LogP contribution in [0.4, 0.5) is 8.78 Å². The Morgan fingerprint density at radius 3 is 2.71 bits per heavy atom. The molecule has 0 saturated carbocycles. The van der Waals surface area contributed by atoms with E-state index in [1.54, 1.807) is 13.2 Å². The SMILES string of the molecule is COCCNC(c1nc(C)c(C)s1)c1cccc(F)c1F. The normalized spacial score (nSPS) is 12.6. The molecule has 0 amide bonds. The quantitative estimate of drug-likeness (QED) is 0.831. The molecule has 21 heavy (non-hydrogen) atoms. The smallest absolute Gasteiger partial charge is 0.164 e. The van der Waals surface area contributed by atoms with Crippen LogP contribution in [0.1, 0.15) is 27.2 Å². The fraction of sp³-hybridized carbons (Fsp3) is 0.400. The molecule has 0 saturated heterocycles. The Kier molecular flexibility index (Phi) is 5.39. The van der Waals surface area contributed by atoms with Gasteiger partial charge in [0, 0.05) is 24.1 Å². The molecule has 1 heterocycles. The second-order valence-corrected chi connectivity index (χ2v) is 5.95. The predicted molar refractivity (Wildman–Crippen MR) is 79.7 cm³/mol. The van der Waals surface area contributed by atoms with E-state index in [1.165, 1.54) is 17.4 Å². The second kappa shape index (κ2) is 7.06. The molecule has 3 nitrogen and oxygen atoms in total. The van der Waals surface area contributed by atoms with Crippen LogP contribution in [0.15, 0.2) is 18.2 Å². The molecule has 1 unspecified atom stereocenters. The first kappa shape index (κ1) is 16.0. The molecule has 0 aliphatic carbocycles. The van der Waals surface area contributed by atoms with Crippen LogP contribution in [0.3, 0.4) is 0 Å². The first-order valence-corrected chi connectivity index (χ1v) is 7.46. The van der Waals surface area contributed by atoms with Crippen molar-refractivity contribution >= 4 is 11.3 Å². The first-order valence-electron chi connectivity index (χ1n) is 6.64. The fourth-order valence-electron chi connectivity index (χ4n) is 2.00. The maximum Gasteiger partial charge on any atom is 0.164 e. The van der Waals surface area contributed by atoms with E-state index >= 15 is 0 Å². The van der Waals surface area contributed by atoms with E-state index in [1.807, 2.05) is 13.8 Å². The van der Waals surface area contributed by atoms with E-state index in [4.69, 9.17) is 4.74 Å². The summed E-state index contributed by atoms with van der Waals surface area (Å²) in [6.45, 7) is 4.87. The second-order valence-electron chi connectivity index (χ2n) is 4.72. The first-order chi connectivity index (χ1) is 10.0. The summed E-state index contributed by atoms with van der Waals surface area (Å²) in [5.74, 6) is -1.69. The fourth-order valence-corrected chi connectivity index (χ4v) is 3.02. The minimum atomic E-state index is -0.851. The van der Waals surface area contributed by atoms with E-state index in [2.05, 4.69) is 10.3 Å². The molecule has 1 aromatic carbocycles. The predicted octanol–water partition coefficient (Wildman–Crippen LogP) is 3.36. The highest BCUT2D eigenvalue weighted by atomic mass is 32.1. The molecule has 2 aromatic rings. The zero-order valence-corrected chi connectivity index (χ0v) is 13.1. The molecule has 2 rings (SSSR count). The van der Waals surface area contributed by atoms with Crippen LogP contribution in [0.25, 0.3) is 0 Å². The van der Waals surface area contributed by atoms with E-state index in [0.717, 1.165) is 21.6 Å². The van der Waals surface area contributed by atoms with E-state index in [9.17, 15) is 8.78 Å². The van der Waals surface area contributed by atoms with Crippen LogP contribution in [-0.2, 0) is 4.74 Å². The Balaban J connectivity index is 2.37. The third-order valence-corrected chi connectivity index (χ3v) is 4.38. The van der Waals surface area contributed by atoms with Gasteiger partial charge < -0.3 is 10.1 Å². The van der Waals surface area contributed by atoms with Crippen LogP contribution < -0.4 is 5.32 Å². The maximum absolute atomic E-state index is 14.1. The number of rotatable bonds is 6. The highest BCUT2D eigenvalue weighted by Gasteiger charge is 2.23. The topological polar surface area (TPSA) is 34.1 Å². The number of nitrogens with zero attached hydrogens (tertiary/aromatic N) is 1. The van der Waals surface area contributed by atoms with Gasteiger partial charge in [0.05, 0.1) is 18.3 Å². The van der Waals surface area contributed by atoms with Crippen molar-refractivity contribution in [3.63, 3.8) is 0 Å². The summed E-state index contributed by atoms with van der Waals surface area (Å²) >= 11 is 1.49. The number of nitrogens with one attached hydrogen (secondary N) is 1. The molecular weight excluding hydrogens is 294 g/mol. The van der Waals surface area contributed by atoms with Crippen molar-refractivity contribution in [2.75, 3.05) is 20.3 Å². The van der Waals surface area contributed by atoms with Gasteiger partial charge in [0.15, 0.2) is 11.6 Å². The number of aromatic nitrogens is 1. The summed E-state index contributed by atoms with van der Waals surface area (Å²) < 4.78 is 32.6. The summed E-state index contributed by atoms with van der Waals surface area (Å²) in [5.41, 5.74) is 1.17. The van der Waals surface area contributed by atoms with Gasteiger partial charge in [-0.1, -0.05) is 12.1 Å². The van der Waals surface area contributed by atoms with E-state index in [0.29, 0.717) is 13.2 Å². The van der Waals surface area contributed by atoms with Gasteiger partial charge in [0.2, 0.25) is 0 Å². The Labute approximate surface area is 127 Å². The summed E-state index contributed by atoms with van der Waals surface area (Å²) in [7, 11) is 1.59. The van der Waals surface area contributed by atoms with Crippen LogP contribution in [0.2, 0.25) is 0 Å². The average Bonchev–Trinajstić information content (AvgIpc) is 2.78. The molecule has 0 radical (unpaired) electrons. The number of ether oxygens (including phenoxy) is 1. The number of benzene rings is 1. The van der Waals surface area contributed by atoms with Crippen molar-refractivity contribution in [3.05, 3.63) is 51.0 Å². The van der Waals surface area contributed by atoms with Gasteiger partial charge in [-0.2, -0.15) is 0 Å². The number of halogens is 2.